The lowest BCUT2D eigenvalue weighted by molar-refractivity contribution is -0.384. The molecule has 0 aromatic heterocycles. The SMILES string of the molecule is Cc1ccc(C)c(Oc2ccc([N+](=O)[O-])cc2)c1C. The minimum absolute atomic E-state index is 0.0602. The van der Waals surface area contributed by atoms with Gasteiger partial charge >= 0.3 is 0 Å². The third-order valence-electron chi connectivity index (χ3n) is 3.14. The Bertz CT molecular complexity index is 618. The number of nitro groups is 1. The van der Waals surface area contributed by atoms with Crippen molar-refractivity contribution in [2.45, 2.75) is 20.8 Å². The Hall–Kier alpha value is -2.36. The first-order valence-electron chi connectivity index (χ1n) is 5.98. The van der Waals surface area contributed by atoms with Gasteiger partial charge in [0.25, 0.3) is 5.69 Å². The van der Waals surface area contributed by atoms with Crippen LogP contribution in [0.5, 0.6) is 11.5 Å². The molecule has 0 saturated carbocycles. The maximum absolute atomic E-state index is 10.6. The van der Waals surface area contributed by atoms with Gasteiger partial charge in [0.05, 0.1) is 4.92 Å². The topological polar surface area (TPSA) is 52.4 Å². The number of rotatable bonds is 3. The molecule has 0 heterocycles. The highest BCUT2D eigenvalue weighted by Crippen LogP contribution is 2.31. The van der Waals surface area contributed by atoms with Gasteiger partial charge in [0, 0.05) is 12.1 Å². The van der Waals surface area contributed by atoms with Crippen LogP contribution in [0.1, 0.15) is 16.7 Å². The van der Waals surface area contributed by atoms with Gasteiger partial charge in [0.15, 0.2) is 0 Å². The maximum atomic E-state index is 10.6. The second kappa shape index (κ2) is 5.10. The molecule has 2 aromatic rings. The smallest absolute Gasteiger partial charge is 0.269 e. The van der Waals surface area contributed by atoms with E-state index in [1.54, 1.807) is 12.1 Å². The molecule has 0 N–H and O–H groups in total. The number of nitrogens with zero attached hydrogens (tertiary/aromatic N) is 1. The van der Waals surface area contributed by atoms with Gasteiger partial charge in [0.1, 0.15) is 11.5 Å². The molecule has 0 amide bonds. The van der Waals surface area contributed by atoms with Crippen LogP contribution in [0.2, 0.25) is 0 Å². The Kier molecular flexibility index (Phi) is 3.51. The van der Waals surface area contributed by atoms with Crippen LogP contribution >= 0.6 is 0 Å². The van der Waals surface area contributed by atoms with E-state index in [0.717, 1.165) is 22.4 Å². The van der Waals surface area contributed by atoms with E-state index in [9.17, 15) is 10.1 Å². The second-order valence-corrected chi connectivity index (χ2v) is 4.51. The van der Waals surface area contributed by atoms with Crippen LogP contribution in [0, 0.1) is 30.9 Å². The third kappa shape index (κ3) is 2.73. The third-order valence-corrected chi connectivity index (χ3v) is 3.14. The van der Waals surface area contributed by atoms with Crippen molar-refractivity contribution in [2.24, 2.45) is 0 Å². The predicted molar refractivity (Wildman–Crippen MR) is 73.8 cm³/mol. The molecule has 0 bridgehead atoms. The standard InChI is InChI=1S/C15H15NO3/c1-10-4-5-11(2)15(12(10)3)19-14-8-6-13(7-9-14)16(17)18/h4-9H,1-3H3. The molecule has 0 saturated heterocycles. The van der Waals surface area contributed by atoms with Crippen molar-refractivity contribution in [2.75, 3.05) is 0 Å². The quantitative estimate of drug-likeness (QED) is 0.608. The van der Waals surface area contributed by atoms with Gasteiger partial charge in [-0.3, -0.25) is 10.1 Å². The molecule has 19 heavy (non-hydrogen) atoms. The van der Waals surface area contributed by atoms with Gasteiger partial charge in [-0.1, -0.05) is 12.1 Å². The average Bonchev–Trinajstić information content (AvgIpc) is 2.40. The van der Waals surface area contributed by atoms with Gasteiger partial charge in [-0.15, -0.1) is 0 Å². The number of non-ortho nitro benzene ring substituents is 1. The molecule has 2 rings (SSSR count). The van der Waals surface area contributed by atoms with E-state index in [4.69, 9.17) is 4.74 Å². The minimum Gasteiger partial charge on any atom is -0.457 e. The molecule has 0 aliphatic rings. The Morgan fingerprint density at radius 2 is 1.53 bits per heavy atom. The van der Waals surface area contributed by atoms with Crippen LogP contribution in [0.25, 0.3) is 0 Å². The van der Waals surface area contributed by atoms with E-state index in [-0.39, 0.29) is 5.69 Å². The van der Waals surface area contributed by atoms with Crippen molar-refractivity contribution in [1.29, 1.82) is 0 Å². The highest BCUT2D eigenvalue weighted by atomic mass is 16.6. The summed E-state index contributed by atoms with van der Waals surface area (Å²) in [5, 5.41) is 10.6. The fourth-order valence-corrected chi connectivity index (χ4v) is 1.84. The van der Waals surface area contributed by atoms with Crippen molar-refractivity contribution < 1.29 is 9.66 Å². The summed E-state index contributed by atoms with van der Waals surface area (Å²) in [4.78, 5) is 10.2. The molecule has 4 heteroatoms. The first-order chi connectivity index (χ1) is 8.99. The van der Waals surface area contributed by atoms with Crippen LogP contribution in [0.4, 0.5) is 5.69 Å². The molecular formula is C15H15NO3. The summed E-state index contributed by atoms with van der Waals surface area (Å²) in [6, 6.07) is 10.2. The van der Waals surface area contributed by atoms with Crippen molar-refractivity contribution in [3.8, 4) is 11.5 Å². The summed E-state index contributed by atoms with van der Waals surface area (Å²) in [6.45, 7) is 6.01. The molecule has 0 unspecified atom stereocenters. The van der Waals surface area contributed by atoms with Crippen LogP contribution in [0.3, 0.4) is 0 Å². The molecule has 0 aliphatic carbocycles. The Balaban J connectivity index is 2.31. The fraction of sp³-hybridized carbons (Fsp3) is 0.200. The number of ether oxygens (including phenoxy) is 1. The Morgan fingerprint density at radius 1 is 0.947 bits per heavy atom. The lowest BCUT2D eigenvalue weighted by Crippen LogP contribution is -1.94. The minimum atomic E-state index is -0.424. The number of aryl methyl sites for hydroxylation is 2. The zero-order valence-corrected chi connectivity index (χ0v) is 11.1. The van der Waals surface area contributed by atoms with E-state index in [1.165, 1.54) is 12.1 Å². The molecule has 98 valence electrons. The lowest BCUT2D eigenvalue weighted by atomic mass is 10.1. The fourth-order valence-electron chi connectivity index (χ4n) is 1.84. The van der Waals surface area contributed by atoms with Crippen LogP contribution in [0.15, 0.2) is 36.4 Å². The first-order valence-corrected chi connectivity index (χ1v) is 5.98. The van der Waals surface area contributed by atoms with Gasteiger partial charge in [-0.2, -0.15) is 0 Å². The molecule has 0 spiro atoms. The molecule has 0 fully saturated rings. The van der Waals surface area contributed by atoms with Crippen molar-refractivity contribution in [1.82, 2.24) is 0 Å². The van der Waals surface area contributed by atoms with Crippen LogP contribution < -0.4 is 4.74 Å². The van der Waals surface area contributed by atoms with Crippen LogP contribution in [-0.2, 0) is 0 Å². The summed E-state index contributed by atoms with van der Waals surface area (Å²) in [7, 11) is 0. The van der Waals surface area contributed by atoms with Crippen molar-refractivity contribution in [3.05, 3.63) is 63.2 Å². The lowest BCUT2D eigenvalue weighted by Gasteiger charge is -2.13. The maximum Gasteiger partial charge on any atom is 0.269 e. The van der Waals surface area contributed by atoms with Gasteiger partial charge in [-0.05, 0) is 49.6 Å². The van der Waals surface area contributed by atoms with Gasteiger partial charge in [-0.25, -0.2) is 0 Å². The van der Waals surface area contributed by atoms with E-state index < -0.39 is 4.92 Å². The number of nitro benzene ring substituents is 1. The zero-order chi connectivity index (χ0) is 14.0. The van der Waals surface area contributed by atoms with Crippen LogP contribution in [-0.4, -0.2) is 4.92 Å². The monoisotopic (exact) mass is 257 g/mol. The highest BCUT2D eigenvalue weighted by Gasteiger charge is 2.09. The van der Waals surface area contributed by atoms with E-state index in [1.807, 2.05) is 32.9 Å². The predicted octanol–water partition coefficient (Wildman–Crippen LogP) is 4.31. The van der Waals surface area contributed by atoms with Gasteiger partial charge in [0.2, 0.25) is 0 Å². The summed E-state index contributed by atoms with van der Waals surface area (Å²) < 4.78 is 5.83. The van der Waals surface area contributed by atoms with E-state index >= 15 is 0 Å². The molecule has 0 atom stereocenters. The molecule has 0 radical (unpaired) electrons. The average molecular weight is 257 g/mol. The van der Waals surface area contributed by atoms with Crippen molar-refractivity contribution in [3.63, 3.8) is 0 Å². The largest absolute Gasteiger partial charge is 0.457 e. The normalized spacial score (nSPS) is 10.3. The Morgan fingerprint density at radius 3 is 2.11 bits per heavy atom. The summed E-state index contributed by atoms with van der Waals surface area (Å²) in [5.41, 5.74) is 3.34. The second-order valence-electron chi connectivity index (χ2n) is 4.51. The van der Waals surface area contributed by atoms with Crippen molar-refractivity contribution >= 4 is 5.69 Å². The summed E-state index contributed by atoms with van der Waals surface area (Å²) >= 11 is 0. The molecule has 2 aromatic carbocycles. The van der Waals surface area contributed by atoms with Gasteiger partial charge < -0.3 is 4.74 Å². The van der Waals surface area contributed by atoms with E-state index in [0.29, 0.717) is 5.75 Å². The zero-order valence-electron chi connectivity index (χ0n) is 11.1. The molecular weight excluding hydrogens is 242 g/mol. The Labute approximate surface area is 111 Å². The first kappa shape index (κ1) is 13.1. The van der Waals surface area contributed by atoms with E-state index in [2.05, 4.69) is 0 Å². The number of hydrogen-bond acceptors (Lipinski definition) is 3. The molecule has 0 aliphatic heterocycles. The number of benzene rings is 2. The summed E-state index contributed by atoms with van der Waals surface area (Å²) in [5.74, 6) is 1.41. The molecule has 4 nitrogen and oxygen atoms in total. The summed E-state index contributed by atoms with van der Waals surface area (Å²) in [6.07, 6.45) is 0. The highest BCUT2D eigenvalue weighted by molar-refractivity contribution is 5.47. The number of hydrogen-bond donors (Lipinski definition) is 0.